The van der Waals surface area contributed by atoms with Gasteiger partial charge in [-0.05, 0) is 61.2 Å². The quantitative estimate of drug-likeness (QED) is 0.620. The lowest BCUT2D eigenvalue weighted by molar-refractivity contribution is -0.123. The minimum atomic E-state index is -0.452. The molecule has 2 aliphatic heterocycles. The van der Waals surface area contributed by atoms with Gasteiger partial charge in [-0.2, -0.15) is 0 Å². The number of benzene rings is 1. The zero-order valence-corrected chi connectivity index (χ0v) is 19.2. The van der Waals surface area contributed by atoms with E-state index in [9.17, 15) is 4.79 Å². The Morgan fingerprint density at radius 2 is 1.91 bits per heavy atom. The van der Waals surface area contributed by atoms with Crippen LogP contribution in [-0.4, -0.2) is 34.8 Å². The number of aromatic nitrogens is 2. The molecule has 0 saturated carbocycles. The molecule has 4 heterocycles. The SMILES string of the molecule is Cc1cc(C2=NCc3cc(CC(=O)NC4(c5ccc(Cl)cc5)CCOCC4)ncc32)ccn1. The minimum absolute atomic E-state index is 0.0526. The van der Waals surface area contributed by atoms with Gasteiger partial charge in [-0.25, -0.2) is 0 Å². The molecule has 0 atom stereocenters. The van der Waals surface area contributed by atoms with Crippen molar-refractivity contribution in [3.63, 3.8) is 0 Å². The summed E-state index contributed by atoms with van der Waals surface area (Å²) >= 11 is 6.08. The smallest absolute Gasteiger partial charge is 0.226 e. The summed E-state index contributed by atoms with van der Waals surface area (Å²) < 4.78 is 5.57. The van der Waals surface area contributed by atoms with E-state index in [4.69, 9.17) is 21.3 Å². The normalized spacial score (nSPS) is 16.7. The van der Waals surface area contributed by atoms with E-state index >= 15 is 0 Å². The number of amides is 1. The van der Waals surface area contributed by atoms with Crippen molar-refractivity contribution >= 4 is 23.2 Å². The number of carbonyl (C=O) groups is 1. The summed E-state index contributed by atoms with van der Waals surface area (Å²) in [6.45, 7) is 3.77. The van der Waals surface area contributed by atoms with Crippen LogP contribution in [0, 0.1) is 6.92 Å². The number of nitrogens with zero attached hydrogens (tertiary/aromatic N) is 3. The van der Waals surface area contributed by atoms with Gasteiger partial charge in [0.25, 0.3) is 0 Å². The van der Waals surface area contributed by atoms with Crippen molar-refractivity contribution in [2.24, 2.45) is 4.99 Å². The van der Waals surface area contributed by atoms with Crippen LogP contribution in [0.25, 0.3) is 0 Å². The van der Waals surface area contributed by atoms with Gasteiger partial charge in [-0.15, -0.1) is 0 Å². The molecular formula is C26H25ClN4O2. The molecule has 2 aromatic heterocycles. The number of rotatable bonds is 5. The molecule has 6 nitrogen and oxygen atoms in total. The number of nitrogens with one attached hydrogen (secondary N) is 1. The highest BCUT2D eigenvalue weighted by atomic mass is 35.5. The molecule has 0 bridgehead atoms. The van der Waals surface area contributed by atoms with Crippen molar-refractivity contribution < 1.29 is 9.53 Å². The van der Waals surface area contributed by atoms with Crippen LogP contribution in [-0.2, 0) is 28.0 Å². The van der Waals surface area contributed by atoms with Gasteiger partial charge in [0.05, 0.1) is 29.9 Å². The van der Waals surface area contributed by atoms with E-state index < -0.39 is 5.54 Å². The zero-order chi connectivity index (χ0) is 22.8. The number of hydrogen-bond donors (Lipinski definition) is 1. The Balaban J connectivity index is 1.32. The second kappa shape index (κ2) is 9.04. The van der Waals surface area contributed by atoms with Crippen molar-refractivity contribution in [3.8, 4) is 0 Å². The Morgan fingerprint density at radius 3 is 2.67 bits per heavy atom. The summed E-state index contributed by atoms with van der Waals surface area (Å²) in [7, 11) is 0. The van der Waals surface area contributed by atoms with Crippen LogP contribution < -0.4 is 5.32 Å². The highest BCUT2D eigenvalue weighted by Gasteiger charge is 2.36. The molecule has 1 saturated heterocycles. The molecule has 0 radical (unpaired) electrons. The maximum absolute atomic E-state index is 13.1. The van der Waals surface area contributed by atoms with Gasteiger partial charge in [-0.3, -0.25) is 19.8 Å². The van der Waals surface area contributed by atoms with Crippen LogP contribution >= 0.6 is 11.6 Å². The van der Waals surface area contributed by atoms with Gasteiger partial charge in [-0.1, -0.05) is 23.7 Å². The van der Waals surface area contributed by atoms with Crippen molar-refractivity contribution in [2.75, 3.05) is 13.2 Å². The van der Waals surface area contributed by atoms with Crippen LogP contribution in [0.5, 0.6) is 0 Å². The third kappa shape index (κ3) is 4.54. The molecule has 1 N–H and O–H groups in total. The number of aliphatic imine (C=N–C) groups is 1. The van der Waals surface area contributed by atoms with Crippen molar-refractivity contribution in [1.82, 2.24) is 15.3 Å². The fraction of sp³-hybridized carbons (Fsp3) is 0.308. The number of halogens is 1. The van der Waals surface area contributed by atoms with E-state index in [-0.39, 0.29) is 12.3 Å². The van der Waals surface area contributed by atoms with Gasteiger partial charge in [0.2, 0.25) is 5.91 Å². The third-order valence-corrected chi connectivity index (χ3v) is 6.59. The summed E-state index contributed by atoms with van der Waals surface area (Å²) in [5.74, 6) is -0.0526. The van der Waals surface area contributed by atoms with E-state index in [0.717, 1.165) is 52.2 Å². The fourth-order valence-corrected chi connectivity index (χ4v) is 4.75. The number of pyridine rings is 2. The predicted molar refractivity (Wildman–Crippen MR) is 128 cm³/mol. The molecule has 3 aromatic rings. The second-order valence-corrected chi connectivity index (χ2v) is 9.05. The number of hydrogen-bond acceptors (Lipinski definition) is 5. The Morgan fingerprint density at radius 1 is 1.12 bits per heavy atom. The lowest BCUT2D eigenvalue weighted by atomic mass is 9.82. The van der Waals surface area contributed by atoms with Crippen molar-refractivity contribution in [3.05, 3.63) is 93.5 Å². The van der Waals surface area contributed by atoms with Gasteiger partial charge < -0.3 is 10.1 Å². The molecule has 33 heavy (non-hydrogen) atoms. The average Bonchev–Trinajstić information content (AvgIpc) is 3.23. The van der Waals surface area contributed by atoms with Crippen LogP contribution in [0.2, 0.25) is 5.02 Å². The van der Waals surface area contributed by atoms with E-state index in [1.165, 1.54) is 0 Å². The number of aryl methyl sites for hydroxylation is 1. The van der Waals surface area contributed by atoms with Crippen LogP contribution in [0.15, 0.2) is 59.9 Å². The van der Waals surface area contributed by atoms with Gasteiger partial charge in [0.1, 0.15) is 0 Å². The molecular weight excluding hydrogens is 436 g/mol. The topological polar surface area (TPSA) is 76.5 Å². The highest BCUT2D eigenvalue weighted by Crippen LogP contribution is 2.33. The van der Waals surface area contributed by atoms with E-state index in [1.807, 2.05) is 55.6 Å². The van der Waals surface area contributed by atoms with Crippen molar-refractivity contribution in [2.45, 2.75) is 38.3 Å². The molecule has 1 fully saturated rings. The molecule has 0 unspecified atom stereocenters. The Kier molecular flexibility index (Phi) is 5.96. The molecule has 0 aliphatic carbocycles. The lowest BCUT2D eigenvalue weighted by Crippen LogP contribution is -2.50. The predicted octanol–water partition coefficient (Wildman–Crippen LogP) is 4.15. The van der Waals surface area contributed by atoms with Gasteiger partial charge in [0.15, 0.2) is 0 Å². The van der Waals surface area contributed by atoms with Crippen molar-refractivity contribution in [1.29, 1.82) is 0 Å². The maximum atomic E-state index is 13.1. The molecule has 7 heteroatoms. The molecule has 2 aliphatic rings. The summed E-state index contributed by atoms with van der Waals surface area (Å²) in [4.78, 5) is 26.7. The lowest BCUT2D eigenvalue weighted by Gasteiger charge is -2.38. The summed E-state index contributed by atoms with van der Waals surface area (Å²) in [5.41, 5.74) is 6.38. The molecule has 1 amide bonds. The molecule has 168 valence electrons. The summed E-state index contributed by atoms with van der Waals surface area (Å²) in [6.07, 6.45) is 5.29. The zero-order valence-electron chi connectivity index (χ0n) is 18.5. The van der Waals surface area contributed by atoms with Gasteiger partial charge >= 0.3 is 0 Å². The molecule has 5 rings (SSSR count). The second-order valence-electron chi connectivity index (χ2n) is 8.61. The first-order valence-electron chi connectivity index (χ1n) is 11.1. The summed E-state index contributed by atoms with van der Waals surface area (Å²) in [6, 6.07) is 13.7. The number of fused-ring (bicyclic) bond motifs is 1. The fourth-order valence-electron chi connectivity index (χ4n) is 4.63. The number of ether oxygens (including phenoxy) is 1. The van der Waals surface area contributed by atoms with E-state index in [1.54, 1.807) is 6.20 Å². The number of carbonyl (C=O) groups excluding carboxylic acids is 1. The highest BCUT2D eigenvalue weighted by molar-refractivity contribution is 6.30. The first-order chi connectivity index (χ1) is 16.0. The van der Waals surface area contributed by atoms with E-state index in [2.05, 4.69) is 15.3 Å². The largest absolute Gasteiger partial charge is 0.381 e. The Hall–Kier alpha value is -3.09. The first kappa shape index (κ1) is 21.7. The standard InChI is InChI=1S/C26H25ClN4O2/c1-17-12-18(6-9-28-17)25-23-16-29-22(13-19(23)15-30-25)14-24(32)31-26(7-10-33-11-8-26)20-2-4-21(27)5-3-20/h2-6,9,12-13,16H,7-8,10-11,14-15H2,1H3,(H,31,32). The van der Waals surface area contributed by atoms with Gasteiger partial charge in [0, 0.05) is 47.5 Å². The molecule has 1 aromatic carbocycles. The monoisotopic (exact) mass is 460 g/mol. The maximum Gasteiger partial charge on any atom is 0.226 e. The van der Waals surface area contributed by atoms with Crippen LogP contribution in [0.4, 0.5) is 0 Å². The minimum Gasteiger partial charge on any atom is -0.381 e. The third-order valence-electron chi connectivity index (χ3n) is 6.34. The first-order valence-corrected chi connectivity index (χ1v) is 11.5. The summed E-state index contributed by atoms with van der Waals surface area (Å²) in [5, 5.41) is 3.97. The van der Waals surface area contributed by atoms with Crippen LogP contribution in [0.1, 0.15) is 46.5 Å². The van der Waals surface area contributed by atoms with E-state index in [0.29, 0.717) is 24.8 Å². The Bertz CT molecular complexity index is 1220. The molecule has 0 spiro atoms. The van der Waals surface area contributed by atoms with Crippen LogP contribution in [0.3, 0.4) is 0 Å². The average molecular weight is 461 g/mol. The Labute approximate surface area is 198 Å².